The van der Waals surface area contributed by atoms with Gasteiger partial charge in [-0.1, -0.05) is 5.57 Å². The molecule has 0 radical (unpaired) electrons. The van der Waals surface area contributed by atoms with Crippen molar-refractivity contribution in [1.29, 1.82) is 0 Å². The van der Waals surface area contributed by atoms with Gasteiger partial charge in [-0.25, -0.2) is 0 Å². The van der Waals surface area contributed by atoms with Crippen molar-refractivity contribution >= 4 is 5.78 Å². The zero-order chi connectivity index (χ0) is 10.5. The van der Waals surface area contributed by atoms with Crippen molar-refractivity contribution in [2.24, 2.45) is 0 Å². The fourth-order valence-electron chi connectivity index (χ4n) is 0.759. The minimum absolute atomic E-state index is 0.172. The van der Waals surface area contributed by atoms with Crippen LogP contribution in [0.1, 0.15) is 32.6 Å². The van der Waals surface area contributed by atoms with Crippen LogP contribution in [-0.4, -0.2) is 12.0 Å². The van der Waals surface area contributed by atoms with Gasteiger partial charge in [0.15, 0.2) is 0 Å². The minimum atomic E-state index is -4.22. The van der Waals surface area contributed by atoms with E-state index >= 15 is 0 Å². The highest BCUT2D eigenvalue weighted by molar-refractivity contribution is 5.78. The molecule has 0 spiro atoms. The van der Waals surface area contributed by atoms with E-state index in [1.54, 1.807) is 6.92 Å². The van der Waals surface area contributed by atoms with Gasteiger partial charge in [-0.05, 0) is 13.3 Å². The molecule has 13 heavy (non-hydrogen) atoms. The van der Waals surface area contributed by atoms with Crippen LogP contribution in [0.25, 0.3) is 0 Å². The van der Waals surface area contributed by atoms with Gasteiger partial charge in [-0.3, -0.25) is 4.79 Å². The Morgan fingerprint density at radius 3 is 2.15 bits per heavy atom. The van der Waals surface area contributed by atoms with E-state index in [0.29, 0.717) is 6.42 Å². The van der Waals surface area contributed by atoms with E-state index in [0.717, 1.165) is 5.57 Å². The first-order valence-electron chi connectivity index (χ1n) is 4.04. The number of hydrogen-bond acceptors (Lipinski definition) is 1. The van der Waals surface area contributed by atoms with Gasteiger partial charge in [0.2, 0.25) is 0 Å². The van der Waals surface area contributed by atoms with Gasteiger partial charge in [-0.2, -0.15) is 13.2 Å². The number of Topliss-reactive ketones (excluding diaryl/α,β-unsaturated/α-hetero) is 1. The molecule has 0 N–H and O–H groups in total. The van der Waals surface area contributed by atoms with Crippen LogP contribution in [0, 0.1) is 0 Å². The molecule has 0 heterocycles. The number of ketones is 1. The van der Waals surface area contributed by atoms with E-state index < -0.39 is 19.0 Å². The van der Waals surface area contributed by atoms with E-state index in [2.05, 4.69) is 6.58 Å². The molecule has 0 aliphatic carbocycles. The van der Waals surface area contributed by atoms with Crippen molar-refractivity contribution < 1.29 is 18.0 Å². The lowest BCUT2D eigenvalue weighted by atomic mass is 10.1. The molecule has 0 saturated heterocycles. The largest absolute Gasteiger partial charge is 0.389 e. The molecule has 0 aliphatic rings. The number of carbonyl (C=O) groups excluding carboxylic acids is 1. The molecule has 0 amide bonds. The Morgan fingerprint density at radius 1 is 1.23 bits per heavy atom. The van der Waals surface area contributed by atoms with Gasteiger partial charge in [0.05, 0.1) is 6.42 Å². The molecule has 0 aliphatic heterocycles. The lowest BCUT2D eigenvalue weighted by molar-refractivity contribution is -0.143. The zero-order valence-electron chi connectivity index (χ0n) is 7.58. The normalized spacial score (nSPS) is 11.4. The molecule has 4 heteroatoms. The Balaban J connectivity index is 3.58. The topological polar surface area (TPSA) is 17.1 Å². The quantitative estimate of drug-likeness (QED) is 0.614. The Morgan fingerprint density at radius 2 is 1.77 bits per heavy atom. The average molecular weight is 194 g/mol. The maximum Gasteiger partial charge on any atom is 0.389 e. The first-order chi connectivity index (χ1) is 5.81. The minimum Gasteiger partial charge on any atom is -0.300 e. The molecule has 0 aromatic rings. The number of rotatable bonds is 5. The molecule has 0 bridgehead atoms. The van der Waals surface area contributed by atoms with E-state index in [9.17, 15) is 18.0 Å². The van der Waals surface area contributed by atoms with Crippen LogP contribution in [0.3, 0.4) is 0 Å². The molecule has 0 fully saturated rings. The molecule has 76 valence electrons. The summed E-state index contributed by atoms with van der Waals surface area (Å²) in [5.74, 6) is -0.347. The number of alkyl halides is 3. The van der Waals surface area contributed by atoms with Gasteiger partial charge in [0.1, 0.15) is 5.78 Å². The monoisotopic (exact) mass is 194 g/mol. The summed E-state index contributed by atoms with van der Waals surface area (Å²) in [6.07, 6.45) is -4.99. The second-order valence-corrected chi connectivity index (χ2v) is 3.11. The fourth-order valence-corrected chi connectivity index (χ4v) is 0.759. The van der Waals surface area contributed by atoms with Gasteiger partial charge in [0, 0.05) is 12.8 Å². The number of carbonyl (C=O) groups is 1. The van der Waals surface area contributed by atoms with Crippen molar-refractivity contribution in [2.75, 3.05) is 0 Å². The number of hydrogen-bond donors (Lipinski definition) is 0. The second-order valence-electron chi connectivity index (χ2n) is 3.11. The Bertz CT molecular complexity index is 194. The summed E-state index contributed by atoms with van der Waals surface area (Å²) in [6.45, 7) is 5.31. The molecule has 0 rings (SSSR count). The van der Waals surface area contributed by atoms with Crippen LogP contribution in [0.4, 0.5) is 13.2 Å². The summed E-state index contributed by atoms with van der Waals surface area (Å²) in [5, 5.41) is 0. The average Bonchev–Trinajstić information content (AvgIpc) is 1.95. The summed E-state index contributed by atoms with van der Waals surface area (Å²) < 4.78 is 34.9. The summed E-state index contributed by atoms with van der Waals surface area (Å²) in [4.78, 5) is 10.9. The van der Waals surface area contributed by atoms with Crippen molar-refractivity contribution in [3.8, 4) is 0 Å². The van der Waals surface area contributed by atoms with Crippen LogP contribution in [-0.2, 0) is 4.79 Å². The molecule has 0 aromatic heterocycles. The van der Waals surface area contributed by atoms with E-state index in [-0.39, 0.29) is 12.2 Å². The van der Waals surface area contributed by atoms with Gasteiger partial charge in [-0.15, -0.1) is 6.58 Å². The first-order valence-corrected chi connectivity index (χ1v) is 4.04. The molecule has 0 saturated carbocycles. The number of allylic oxidation sites excluding steroid dienone is 1. The smallest absolute Gasteiger partial charge is 0.300 e. The highest BCUT2D eigenvalue weighted by Crippen LogP contribution is 2.22. The van der Waals surface area contributed by atoms with Crippen LogP contribution < -0.4 is 0 Å². The van der Waals surface area contributed by atoms with Crippen LogP contribution in [0.15, 0.2) is 12.2 Å². The Labute approximate surface area is 75.6 Å². The predicted molar refractivity (Wildman–Crippen MR) is 44.3 cm³/mol. The van der Waals surface area contributed by atoms with E-state index in [1.165, 1.54) is 0 Å². The summed E-state index contributed by atoms with van der Waals surface area (Å²) in [7, 11) is 0. The third-order valence-corrected chi connectivity index (χ3v) is 1.52. The standard InChI is InChI=1S/C9H13F3O/c1-7(2)3-4-8(13)5-6-9(10,11)12/h1,3-6H2,2H3. The lowest BCUT2D eigenvalue weighted by Crippen LogP contribution is -2.10. The third kappa shape index (κ3) is 9.11. The molecule has 1 nitrogen and oxygen atoms in total. The summed E-state index contributed by atoms with van der Waals surface area (Å²) >= 11 is 0. The van der Waals surface area contributed by atoms with Crippen molar-refractivity contribution in [3.05, 3.63) is 12.2 Å². The molecule has 0 aromatic carbocycles. The van der Waals surface area contributed by atoms with Gasteiger partial charge in [0.25, 0.3) is 0 Å². The first kappa shape index (κ1) is 12.2. The maximum absolute atomic E-state index is 11.6. The molecule has 0 atom stereocenters. The van der Waals surface area contributed by atoms with Crippen LogP contribution in [0.2, 0.25) is 0 Å². The second kappa shape index (κ2) is 5.04. The molecular weight excluding hydrogens is 181 g/mol. The van der Waals surface area contributed by atoms with Gasteiger partial charge >= 0.3 is 6.18 Å². The van der Waals surface area contributed by atoms with Gasteiger partial charge < -0.3 is 0 Å². The zero-order valence-corrected chi connectivity index (χ0v) is 7.58. The third-order valence-electron chi connectivity index (χ3n) is 1.52. The summed E-state index contributed by atoms with van der Waals surface area (Å²) in [6, 6.07) is 0. The highest BCUT2D eigenvalue weighted by Gasteiger charge is 2.27. The Hall–Kier alpha value is -0.800. The lowest BCUT2D eigenvalue weighted by Gasteiger charge is -2.04. The number of halogens is 3. The van der Waals surface area contributed by atoms with Crippen LogP contribution >= 0.6 is 0 Å². The van der Waals surface area contributed by atoms with Crippen molar-refractivity contribution in [3.63, 3.8) is 0 Å². The predicted octanol–water partition coefficient (Wildman–Crippen LogP) is 3.25. The Kier molecular flexibility index (Phi) is 4.73. The van der Waals surface area contributed by atoms with Crippen molar-refractivity contribution in [1.82, 2.24) is 0 Å². The van der Waals surface area contributed by atoms with Crippen molar-refractivity contribution in [2.45, 2.75) is 38.8 Å². The van der Waals surface area contributed by atoms with Crippen LogP contribution in [0.5, 0.6) is 0 Å². The highest BCUT2D eigenvalue weighted by atomic mass is 19.4. The van der Waals surface area contributed by atoms with E-state index in [4.69, 9.17) is 0 Å². The molecule has 0 unspecified atom stereocenters. The molecular formula is C9H13F3O. The maximum atomic E-state index is 11.6. The van der Waals surface area contributed by atoms with E-state index in [1.807, 2.05) is 0 Å². The fraction of sp³-hybridized carbons (Fsp3) is 0.667. The SMILES string of the molecule is C=C(C)CCC(=O)CCC(F)(F)F. The summed E-state index contributed by atoms with van der Waals surface area (Å²) in [5.41, 5.74) is 0.820.